The maximum Gasteiger partial charge on any atom is 0.312 e. The van der Waals surface area contributed by atoms with Gasteiger partial charge in [0.25, 0.3) is 0 Å². The Morgan fingerprint density at radius 3 is 3.05 bits per heavy atom. The van der Waals surface area contributed by atoms with Crippen molar-refractivity contribution in [1.29, 1.82) is 0 Å². The Labute approximate surface area is 124 Å². The number of unbranched alkanes of at least 4 members (excludes halogenated alkanes) is 2. The first kappa shape index (κ1) is 15.3. The normalized spacial score (nSPS) is 19.4. The van der Waals surface area contributed by atoms with E-state index in [2.05, 4.69) is 24.1 Å². The highest BCUT2D eigenvalue weighted by molar-refractivity contribution is 7.15. The predicted molar refractivity (Wildman–Crippen MR) is 82.7 cm³/mol. The molecule has 5 heteroatoms. The first-order chi connectivity index (χ1) is 9.61. The first-order valence-electron chi connectivity index (χ1n) is 7.60. The fourth-order valence-electron chi connectivity index (χ4n) is 2.70. The molecule has 2 unspecified atom stereocenters. The van der Waals surface area contributed by atoms with Crippen LogP contribution in [0.4, 0.5) is 5.13 Å². The summed E-state index contributed by atoms with van der Waals surface area (Å²) in [6.07, 6.45) is 7.52. The second kappa shape index (κ2) is 7.07. The molecule has 1 aromatic rings. The third kappa shape index (κ3) is 3.72. The number of carboxylic acid groups (broad SMARTS) is 1. The smallest absolute Gasteiger partial charge is 0.312 e. The zero-order valence-corrected chi connectivity index (χ0v) is 13.1. The number of nitrogens with one attached hydrogen (secondary N) is 1. The van der Waals surface area contributed by atoms with Gasteiger partial charge in [-0.1, -0.05) is 26.2 Å². The van der Waals surface area contributed by atoms with Gasteiger partial charge in [0, 0.05) is 10.9 Å². The number of aromatic nitrogens is 1. The van der Waals surface area contributed by atoms with Crippen LogP contribution in [0.25, 0.3) is 0 Å². The lowest BCUT2D eigenvalue weighted by Gasteiger charge is -2.16. The number of thiazole rings is 1. The van der Waals surface area contributed by atoms with Crippen LogP contribution in [0.5, 0.6) is 0 Å². The van der Waals surface area contributed by atoms with Crippen molar-refractivity contribution in [2.75, 3.05) is 5.32 Å². The van der Waals surface area contributed by atoms with Gasteiger partial charge in [-0.3, -0.25) is 4.79 Å². The molecule has 1 aromatic heterocycles. The lowest BCUT2D eigenvalue weighted by molar-refractivity contribution is -0.139. The van der Waals surface area contributed by atoms with Crippen molar-refractivity contribution in [3.63, 3.8) is 0 Å². The standard InChI is InChI=1S/C15H24N2O2S/c1-3-4-5-7-10(2)16-15-17-13-11(14(18)19)8-6-9-12(13)20-15/h10-11H,3-9H2,1-2H3,(H,16,17)(H,18,19). The van der Waals surface area contributed by atoms with Gasteiger partial charge in [0.05, 0.1) is 5.69 Å². The van der Waals surface area contributed by atoms with Crippen molar-refractivity contribution in [2.45, 2.75) is 70.8 Å². The Morgan fingerprint density at radius 1 is 1.55 bits per heavy atom. The van der Waals surface area contributed by atoms with Gasteiger partial charge in [-0.25, -0.2) is 4.98 Å². The van der Waals surface area contributed by atoms with E-state index < -0.39 is 11.9 Å². The Morgan fingerprint density at radius 2 is 2.35 bits per heavy atom. The van der Waals surface area contributed by atoms with Gasteiger partial charge < -0.3 is 10.4 Å². The lowest BCUT2D eigenvalue weighted by atomic mass is 9.91. The Bertz CT molecular complexity index is 459. The molecule has 0 bridgehead atoms. The molecule has 0 amide bonds. The minimum absolute atomic E-state index is 0.400. The molecular weight excluding hydrogens is 272 g/mol. The highest BCUT2D eigenvalue weighted by atomic mass is 32.1. The molecule has 1 aliphatic rings. The van der Waals surface area contributed by atoms with E-state index in [4.69, 9.17) is 0 Å². The maximum absolute atomic E-state index is 11.3. The monoisotopic (exact) mass is 296 g/mol. The number of hydrogen-bond acceptors (Lipinski definition) is 4. The zero-order valence-electron chi connectivity index (χ0n) is 12.3. The summed E-state index contributed by atoms with van der Waals surface area (Å²) in [5, 5.41) is 13.6. The van der Waals surface area contributed by atoms with Crippen LogP contribution in [0.2, 0.25) is 0 Å². The molecular formula is C15H24N2O2S. The molecule has 0 fully saturated rings. The fourth-order valence-corrected chi connectivity index (χ4v) is 3.88. The second-order valence-corrected chi connectivity index (χ2v) is 6.74. The van der Waals surface area contributed by atoms with Crippen LogP contribution in [0.15, 0.2) is 0 Å². The lowest BCUT2D eigenvalue weighted by Crippen LogP contribution is -2.18. The molecule has 4 nitrogen and oxygen atoms in total. The summed E-state index contributed by atoms with van der Waals surface area (Å²) in [5.74, 6) is -1.14. The number of carboxylic acids is 1. The van der Waals surface area contributed by atoms with Crippen molar-refractivity contribution < 1.29 is 9.90 Å². The average molecular weight is 296 g/mol. The highest BCUT2D eigenvalue weighted by Crippen LogP contribution is 2.37. The molecule has 0 aliphatic heterocycles. The molecule has 2 N–H and O–H groups in total. The molecule has 0 aromatic carbocycles. The molecule has 2 atom stereocenters. The second-order valence-electron chi connectivity index (χ2n) is 5.65. The molecule has 20 heavy (non-hydrogen) atoms. The number of anilines is 1. The molecule has 112 valence electrons. The molecule has 0 saturated heterocycles. The van der Waals surface area contributed by atoms with Crippen LogP contribution in [-0.2, 0) is 11.2 Å². The number of hydrogen-bond donors (Lipinski definition) is 2. The topological polar surface area (TPSA) is 62.2 Å². The molecule has 1 aliphatic carbocycles. The predicted octanol–water partition coefficient (Wildman–Crippen LogP) is 4.03. The Hall–Kier alpha value is -1.10. The van der Waals surface area contributed by atoms with Gasteiger partial charge in [0.1, 0.15) is 5.92 Å². The van der Waals surface area contributed by atoms with Crippen LogP contribution in [-0.4, -0.2) is 22.1 Å². The number of aryl methyl sites for hydroxylation is 1. The summed E-state index contributed by atoms with van der Waals surface area (Å²) in [6, 6.07) is 0.400. The van der Waals surface area contributed by atoms with Crippen LogP contribution >= 0.6 is 11.3 Å². The molecule has 1 heterocycles. The SMILES string of the molecule is CCCCCC(C)Nc1nc2c(s1)CCCC2C(=O)O. The maximum atomic E-state index is 11.3. The minimum atomic E-state index is -0.737. The Kier molecular flexibility index (Phi) is 5.40. The van der Waals surface area contributed by atoms with Gasteiger partial charge >= 0.3 is 5.97 Å². The quantitative estimate of drug-likeness (QED) is 0.746. The summed E-state index contributed by atoms with van der Waals surface area (Å²) in [4.78, 5) is 17.0. The van der Waals surface area contributed by atoms with Crippen LogP contribution in [0.3, 0.4) is 0 Å². The van der Waals surface area contributed by atoms with Gasteiger partial charge in [0.2, 0.25) is 0 Å². The summed E-state index contributed by atoms with van der Waals surface area (Å²) in [6.45, 7) is 4.38. The van der Waals surface area contributed by atoms with Crippen molar-refractivity contribution in [2.24, 2.45) is 0 Å². The van der Waals surface area contributed by atoms with E-state index in [1.54, 1.807) is 11.3 Å². The van der Waals surface area contributed by atoms with Crippen LogP contribution in [0, 0.1) is 0 Å². The first-order valence-corrected chi connectivity index (χ1v) is 8.42. The van der Waals surface area contributed by atoms with Gasteiger partial charge in [0.15, 0.2) is 5.13 Å². The number of fused-ring (bicyclic) bond motifs is 1. The van der Waals surface area contributed by atoms with E-state index in [0.717, 1.165) is 41.4 Å². The zero-order chi connectivity index (χ0) is 14.5. The summed E-state index contributed by atoms with van der Waals surface area (Å²) in [5.41, 5.74) is 0.803. The van der Waals surface area contributed by atoms with Crippen molar-refractivity contribution >= 4 is 22.4 Å². The van der Waals surface area contributed by atoms with Gasteiger partial charge in [-0.15, -0.1) is 11.3 Å². The van der Waals surface area contributed by atoms with E-state index in [0.29, 0.717) is 6.04 Å². The minimum Gasteiger partial charge on any atom is -0.481 e. The van der Waals surface area contributed by atoms with E-state index in [9.17, 15) is 9.90 Å². The number of carbonyl (C=O) groups is 1. The molecule has 0 spiro atoms. The summed E-state index contributed by atoms with van der Waals surface area (Å²) in [7, 11) is 0. The molecule has 0 saturated carbocycles. The van der Waals surface area contributed by atoms with Gasteiger partial charge in [-0.05, 0) is 32.6 Å². The number of rotatable bonds is 7. The highest BCUT2D eigenvalue weighted by Gasteiger charge is 2.30. The van der Waals surface area contributed by atoms with E-state index in [1.807, 2.05) is 0 Å². The average Bonchev–Trinajstić information content (AvgIpc) is 2.80. The third-order valence-electron chi connectivity index (χ3n) is 3.86. The van der Waals surface area contributed by atoms with Crippen molar-refractivity contribution in [1.82, 2.24) is 4.98 Å². The largest absolute Gasteiger partial charge is 0.481 e. The van der Waals surface area contributed by atoms with Crippen LogP contribution < -0.4 is 5.32 Å². The summed E-state index contributed by atoms with van der Waals surface area (Å²) < 4.78 is 0. The van der Waals surface area contributed by atoms with Gasteiger partial charge in [-0.2, -0.15) is 0 Å². The van der Waals surface area contributed by atoms with E-state index in [1.165, 1.54) is 19.3 Å². The van der Waals surface area contributed by atoms with E-state index in [-0.39, 0.29) is 0 Å². The van der Waals surface area contributed by atoms with Crippen LogP contribution in [0.1, 0.15) is 68.9 Å². The molecule has 2 rings (SSSR count). The fraction of sp³-hybridized carbons (Fsp3) is 0.733. The molecule has 0 radical (unpaired) electrons. The van der Waals surface area contributed by atoms with E-state index >= 15 is 0 Å². The number of aliphatic carboxylic acids is 1. The summed E-state index contributed by atoms with van der Waals surface area (Å²) >= 11 is 1.64. The Balaban J connectivity index is 1.99. The van der Waals surface area contributed by atoms with Crippen molar-refractivity contribution in [3.8, 4) is 0 Å². The van der Waals surface area contributed by atoms with Crippen molar-refractivity contribution in [3.05, 3.63) is 10.6 Å². The number of nitrogens with zero attached hydrogens (tertiary/aromatic N) is 1. The third-order valence-corrected chi connectivity index (χ3v) is 4.93.